The second-order valence-corrected chi connectivity index (χ2v) is 8.08. The summed E-state index contributed by atoms with van der Waals surface area (Å²) < 4.78 is 11.1. The first-order valence-electron chi connectivity index (χ1n) is 10.8. The molecule has 2 fully saturated rings. The van der Waals surface area contributed by atoms with E-state index in [4.69, 9.17) is 9.47 Å². The third-order valence-electron chi connectivity index (χ3n) is 5.68. The molecule has 0 bridgehead atoms. The van der Waals surface area contributed by atoms with Crippen molar-refractivity contribution in [2.24, 2.45) is 0 Å². The number of benzene rings is 2. The van der Waals surface area contributed by atoms with Gasteiger partial charge in [0.15, 0.2) is 0 Å². The summed E-state index contributed by atoms with van der Waals surface area (Å²) in [4.78, 5) is 19.3. The van der Waals surface area contributed by atoms with Gasteiger partial charge in [-0.3, -0.25) is 4.90 Å². The molecular weight excluding hydrogens is 465 g/mol. The van der Waals surface area contributed by atoms with Crippen molar-refractivity contribution < 1.29 is 23.8 Å². The lowest BCUT2D eigenvalue weighted by Crippen LogP contribution is -2.47. The van der Waals surface area contributed by atoms with Gasteiger partial charge >= 0.3 is 6.09 Å². The summed E-state index contributed by atoms with van der Waals surface area (Å²) in [6.45, 7) is 9.15. The Hall–Kier alpha value is -2.19. The van der Waals surface area contributed by atoms with Crippen molar-refractivity contribution in [3.05, 3.63) is 54.1 Å². The lowest BCUT2D eigenvalue weighted by Gasteiger charge is -2.39. The third-order valence-corrected chi connectivity index (χ3v) is 5.68. The number of hydrogen-bond acceptors (Lipinski definition) is 6. The van der Waals surface area contributed by atoms with Gasteiger partial charge in [-0.2, -0.15) is 4.79 Å². The average molecular weight is 501 g/mol. The molecule has 184 valence electrons. The van der Waals surface area contributed by atoms with Crippen molar-refractivity contribution in [1.29, 1.82) is 0 Å². The second kappa shape index (κ2) is 12.9. The largest absolute Gasteiger partial charge is 0.609 e. The minimum absolute atomic E-state index is 0. The number of rotatable bonds is 6. The number of piperazine rings is 1. The maximum absolute atomic E-state index is 9.96. The number of halogens is 2. The highest BCUT2D eigenvalue weighted by atomic mass is 35.5. The Morgan fingerprint density at radius 1 is 1.00 bits per heavy atom. The van der Waals surface area contributed by atoms with Crippen LogP contribution >= 0.6 is 24.8 Å². The molecule has 1 amide bonds. The Bertz CT molecular complexity index is 872. The minimum Gasteiger partial charge on any atom is -0.497 e. The van der Waals surface area contributed by atoms with E-state index in [0.29, 0.717) is 12.6 Å². The normalized spacial score (nSPS) is 17.2. The summed E-state index contributed by atoms with van der Waals surface area (Å²) in [6, 6.07) is 17.2. The van der Waals surface area contributed by atoms with Crippen LogP contribution in [0, 0.1) is 0 Å². The molecule has 4 rings (SSSR count). The zero-order valence-electron chi connectivity index (χ0n) is 20.0. The van der Waals surface area contributed by atoms with Crippen molar-refractivity contribution in [2.75, 3.05) is 58.9 Å². The molecule has 2 aromatic rings. The molecule has 0 N–H and O–H groups in total. The van der Waals surface area contributed by atoms with Gasteiger partial charge in [0.2, 0.25) is 0 Å². The molecule has 0 saturated carbocycles. The fourth-order valence-electron chi connectivity index (χ4n) is 3.61. The zero-order chi connectivity index (χ0) is 22.4. The van der Waals surface area contributed by atoms with Crippen molar-refractivity contribution in [3.8, 4) is 11.5 Å². The van der Waals surface area contributed by atoms with Crippen LogP contribution in [0.15, 0.2) is 48.5 Å². The summed E-state index contributed by atoms with van der Waals surface area (Å²) in [5.74, 6) is 1.90. The molecule has 0 aromatic heterocycles. The summed E-state index contributed by atoms with van der Waals surface area (Å²) in [5.41, 5.74) is 2.55. The van der Waals surface area contributed by atoms with E-state index in [9.17, 15) is 4.79 Å². The van der Waals surface area contributed by atoms with Gasteiger partial charge in [0, 0.05) is 32.2 Å². The average Bonchev–Trinajstić information content (AvgIpc) is 3.37. The number of para-hydroxylation sites is 2. The number of methoxy groups -OCH3 is 1. The molecular formula is C24H36Cl2N3O4+. The number of anilines is 1. The lowest BCUT2D eigenvalue weighted by atomic mass is 10.1. The highest BCUT2D eigenvalue weighted by Crippen LogP contribution is 2.30. The van der Waals surface area contributed by atoms with Crippen LogP contribution in [0.2, 0.25) is 0 Å². The molecule has 1 unspecified atom stereocenters. The van der Waals surface area contributed by atoms with Crippen molar-refractivity contribution >= 4 is 36.6 Å². The third kappa shape index (κ3) is 7.67. The van der Waals surface area contributed by atoms with E-state index < -0.39 is 0 Å². The summed E-state index contributed by atoms with van der Waals surface area (Å²) in [5, 5.41) is 0. The van der Waals surface area contributed by atoms with Gasteiger partial charge in [-0.25, -0.2) is 4.84 Å². The first-order valence-corrected chi connectivity index (χ1v) is 10.8. The number of amides is 1. The van der Waals surface area contributed by atoms with Gasteiger partial charge < -0.3 is 14.4 Å². The van der Waals surface area contributed by atoms with E-state index in [-0.39, 0.29) is 35.6 Å². The summed E-state index contributed by atoms with van der Waals surface area (Å²) >= 11 is 0. The molecule has 0 spiro atoms. The molecule has 1 atom stereocenters. The number of carbonyl (C=O) groups excluding carboxylic acids is 1. The number of ether oxygens (including phenoxy) is 2. The van der Waals surface area contributed by atoms with Crippen LogP contribution in [-0.4, -0.2) is 69.6 Å². The van der Waals surface area contributed by atoms with Gasteiger partial charge in [-0.15, -0.1) is 24.8 Å². The fourth-order valence-corrected chi connectivity index (χ4v) is 3.61. The van der Waals surface area contributed by atoms with Gasteiger partial charge in [-0.1, -0.05) is 24.3 Å². The predicted molar refractivity (Wildman–Crippen MR) is 136 cm³/mol. The molecule has 2 aliphatic heterocycles. The molecule has 2 saturated heterocycles. The fraction of sp³-hybridized carbons (Fsp3) is 0.458. The van der Waals surface area contributed by atoms with Crippen LogP contribution in [0.25, 0.3) is 0 Å². The van der Waals surface area contributed by atoms with E-state index in [1.165, 1.54) is 11.3 Å². The van der Waals surface area contributed by atoms with Crippen molar-refractivity contribution in [3.63, 3.8) is 0 Å². The first-order chi connectivity index (χ1) is 14.9. The molecule has 7 nitrogen and oxygen atoms in total. The van der Waals surface area contributed by atoms with E-state index in [2.05, 4.69) is 51.9 Å². The predicted octanol–water partition coefficient (Wildman–Crippen LogP) is 4.95. The number of nitrogens with zero attached hydrogens (tertiary/aromatic N) is 3. The van der Waals surface area contributed by atoms with Crippen LogP contribution in [-0.2, 0) is 4.84 Å². The summed E-state index contributed by atoms with van der Waals surface area (Å²) in [6.07, 6.45) is -0.157. The topological polar surface area (TPSA) is 54.5 Å². The highest BCUT2D eigenvalue weighted by molar-refractivity contribution is 5.85. The molecule has 0 radical (unpaired) electrons. The second-order valence-electron chi connectivity index (χ2n) is 8.08. The minimum atomic E-state index is -0.157. The van der Waals surface area contributed by atoms with Crippen LogP contribution in [0.1, 0.15) is 25.5 Å². The van der Waals surface area contributed by atoms with Gasteiger partial charge in [-0.05, 0) is 48.3 Å². The monoisotopic (exact) mass is 500 g/mol. The summed E-state index contributed by atoms with van der Waals surface area (Å²) in [7, 11) is 5.07. The first kappa shape index (κ1) is 28.8. The molecule has 2 heterocycles. The quantitative estimate of drug-likeness (QED) is 0.413. The number of quaternary nitrogens is 1. The number of hydrogen-bond donors (Lipinski definition) is 0. The van der Waals surface area contributed by atoms with Crippen LogP contribution in [0.4, 0.5) is 10.5 Å². The Labute approximate surface area is 209 Å². The van der Waals surface area contributed by atoms with Crippen LogP contribution in [0.5, 0.6) is 11.5 Å². The van der Waals surface area contributed by atoms with Crippen LogP contribution in [0.3, 0.4) is 0 Å². The van der Waals surface area contributed by atoms with Crippen molar-refractivity contribution in [1.82, 2.24) is 4.90 Å². The SMILES string of the molecule is CCOc1ccccc1N1CCN(C(C)c2ccc(OC)cc2)CC1.C[N+]1(C)OC1=O.Cl.Cl. The standard InChI is InChI=1S/C21H28N2O2.C3H6NO2.2ClH/c1-4-25-21-8-6-5-7-20(21)23-15-13-22(14-16-23)17(2)18-9-11-19(24-3)12-10-18;1-4(2)3(5)6-4;;/h5-12,17H,4,13-16H2,1-3H3;1-2H3;2*1H/q;+1;;. The zero-order valence-corrected chi connectivity index (χ0v) is 21.7. The maximum Gasteiger partial charge on any atom is 0.609 e. The maximum atomic E-state index is 9.96. The van der Waals surface area contributed by atoms with Crippen LogP contribution < -0.4 is 14.4 Å². The number of hydroxylamine groups is 3. The van der Waals surface area contributed by atoms with Gasteiger partial charge in [0.25, 0.3) is 0 Å². The lowest BCUT2D eigenvalue weighted by molar-refractivity contribution is -0.856. The Kier molecular flexibility index (Phi) is 11.3. The Balaban J connectivity index is 0.000000594. The molecule has 0 aliphatic carbocycles. The smallest absolute Gasteiger partial charge is 0.497 e. The van der Waals surface area contributed by atoms with E-state index in [0.717, 1.165) is 37.7 Å². The molecule has 2 aromatic carbocycles. The van der Waals surface area contributed by atoms with E-state index in [1.54, 1.807) is 21.2 Å². The Morgan fingerprint density at radius 3 is 2.03 bits per heavy atom. The molecule has 9 heteroatoms. The Morgan fingerprint density at radius 2 is 1.55 bits per heavy atom. The van der Waals surface area contributed by atoms with Crippen molar-refractivity contribution in [2.45, 2.75) is 19.9 Å². The van der Waals surface area contributed by atoms with Gasteiger partial charge in [0.05, 0.1) is 19.4 Å². The molecule has 33 heavy (non-hydrogen) atoms. The van der Waals surface area contributed by atoms with E-state index in [1.807, 2.05) is 25.1 Å². The highest BCUT2D eigenvalue weighted by Gasteiger charge is 2.53. The van der Waals surface area contributed by atoms with Gasteiger partial charge in [0.1, 0.15) is 25.6 Å². The number of carbonyl (C=O) groups is 1. The van der Waals surface area contributed by atoms with E-state index >= 15 is 0 Å². The molecule has 2 aliphatic rings.